The zero-order chi connectivity index (χ0) is 22.3. The fourth-order valence-corrected chi connectivity index (χ4v) is 3.49. The molecular weight excluding hydrogens is 472 g/mol. The van der Waals surface area contributed by atoms with Gasteiger partial charge in [-0.25, -0.2) is 5.43 Å². The molecular formula is C22H25BrN8O. The predicted molar refractivity (Wildman–Crippen MR) is 132 cm³/mol. The van der Waals surface area contributed by atoms with Crippen molar-refractivity contribution < 1.29 is 4.74 Å². The summed E-state index contributed by atoms with van der Waals surface area (Å²) < 4.78 is 6.42. The Morgan fingerprint density at radius 2 is 1.78 bits per heavy atom. The van der Waals surface area contributed by atoms with Crippen molar-refractivity contribution in [1.82, 2.24) is 15.0 Å². The monoisotopic (exact) mass is 496 g/mol. The highest BCUT2D eigenvalue weighted by Crippen LogP contribution is 2.21. The van der Waals surface area contributed by atoms with Gasteiger partial charge in [-0.05, 0) is 35.9 Å². The first-order chi connectivity index (χ1) is 15.6. The van der Waals surface area contributed by atoms with Gasteiger partial charge in [0.25, 0.3) is 0 Å². The van der Waals surface area contributed by atoms with Crippen LogP contribution in [0.2, 0.25) is 0 Å². The number of anilines is 5. The second kappa shape index (κ2) is 10.4. The van der Waals surface area contributed by atoms with E-state index in [1.165, 1.54) is 0 Å². The van der Waals surface area contributed by atoms with E-state index in [0.29, 0.717) is 31.1 Å². The summed E-state index contributed by atoms with van der Waals surface area (Å²) in [6, 6.07) is 15.9. The molecule has 2 aromatic carbocycles. The van der Waals surface area contributed by atoms with Crippen LogP contribution in [-0.2, 0) is 4.74 Å². The van der Waals surface area contributed by atoms with Crippen LogP contribution >= 0.6 is 15.9 Å². The smallest absolute Gasteiger partial charge is 0.250 e. The minimum atomic E-state index is 0.361. The number of ether oxygens (including phenoxy) is 1. The van der Waals surface area contributed by atoms with E-state index in [2.05, 4.69) is 56.5 Å². The summed E-state index contributed by atoms with van der Waals surface area (Å²) in [5.41, 5.74) is 5.91. The Labute approximate surface area is 195 Å². The van der Waals surface area contributed by atoms with Gasteiger partial charge in [0.15, 0.2) is 0 Å². The van der Waals surface area contributed by atoms with Crippen LogP contribution < -0.4 is 20.5 Å². The van der Waals surface area contributed by atoms with Gasteiger partial charge in [0.1, 0.15) is 0 Å². The first kappa shape index (κ1) is 22.0. The van der Waals surface area contributed by atoms with E-state index in [-0.39, 0.29) is 0 Å². The van der Waals surface area contributed by atoms with Crippen LogP contribution in [0.5, 0.6) is 0 Å². The standard InChI is InChI=1S/C22H25BrN8O/c1-30(2)19-8-6-16(7-9-19)15-24-29-21-26-20(25-18-5-3-4-17(23)14-18)27-22(28-21)31-10-12-32-13-11-31/h3-9,14-15H,10-13H2,1-2H3,(H2,25,26,27,28,29). The lowest BCUT2D eigenvalue weighted by molar-refractivity contribution is 0.122. The molecule has 1 aliphatic rings. The largest absolute Gasteiger partial charge is 0.378 e. The van der Waals surface area contributed by atoms with E-state index in [4.69, 9.17) is 4.74 Å². The van der Waals surface area contributed by atoms with E-state index in [0.717, 1.165) is 34.5 Å². The van der Waals surface area contributed by atoms with Gasteiger partial charge in [-0.1, -0.05) is 34.1 Å². The molecule has 0 amide bonds. The first-order valence-corrected chi connectivity index (χ1v) is 11.0. The summed E-state index contributed by atoms with van der Waals surface area (Å²) in [6.07, 6.45) is 1.74. The van der Waals surface area contributed by atoms with Crippen molar-refractivity contribution in [2.75, 3.05) is 60.9 Å². The number of hydrazone groups is 1. The summed E-state index contributed by atoms with van der Waals surface area (Å²) in [6.45, 7) is 2.73. The Balaban J connectivity index is 1.54. The Morgan fingerprint density at radius 3 is 2.50 bits per heavy atom. The number of rotatable bonds is 7. The van der Waals surface area contributed by atoms with E-state index >= 15 is 0 Å². The fraction of sp³-hybridized carbons (Fsp3) is 0.273. The van der Waals surface area contributed by atoms with Gasteiger partial charge < -0.3 is 19.9 Å². The van der Waals surface area contributed by atoms with Gasteiger partial charge in [-0.15, -0.1) is 0 Å². The van der Waals surface area contributed by atoms with Crippen LogP contribution in [-0.4, -0.2) is 61.6 Å². The fourth-order valence-electron chi connectivity index (χ4n) is 3.09. The van der Waals surface area contributed by atoms with Gasteiger partial charge in [-0.3, -0.25) is 0 Å². The molecule has 2 N–H and O–H groups in total. The molecule has 1 saturated heterocycles. The third-order valence-corrected chi connectivity index (χ3v) is 5.28. The van der Waals surface area contributed by atoms with Gasteiger partial charge in [0.2, 0.25) is 17.8 Å². The average molecular weight is 497 g/mol. The number of aromatic nitrogens is 3. The highest BCUT2D eigenvalue weighted by Gasteiger charge is 2.16. The first-order valence-electron chi connectivity index (χ1n) is 10.2. The van der Waals surface area contributed by atoms with Gasteiger partial charge >= 0.3 is 0 Å². The minimum absolute atomic E-state index is 0.361. The molecule has 1 aromatic heterocycles. The number of morpholine rings is 1. The molecule has 9 nitrogen and oxygen atoms in total. The van der Waals surface area contributed by atoms with Crippen molar-refractivity contribution in [3.63, 3.8) is 0 Å². The van der Waals surface area contributed by atoms with E-state index in [1.54, 1.807) is 6.21 Å². The Kier molecular flexibility index (Phi) is 7.13. The normalized spacial score (nSPS) is 13.9. The molecule has 10 heteroatoms. The molecule has 1 aliphatic heterocycles. The minimum Gasteiger partial charge on any atom is -0.378 e. The topological polar surface area (TPSA) is 90.8 Å². The van der Waals surface area contributed by atoms with E-state index in [1.807, 2.05) is 62.6 Å². The second-order valence-corrected chi connectivity index (χ2v) is 8.29. The molecule has 0 aliphatic carbocycles. The molecule has 0 bridgehead atoms. The molecule has 0 atom stereocenters. The predicted octanol–water partition coefficient (Wildman–Crippen LogP) is 3.73. The summed E-state index contributed by atoms with van der Waals surface area (Å²) in [7, 11) is 4.02. The number of nitrogens with one attached hydrogen (secondary N) is 2. The quantitative estimate of drug-likeness (QED) is 0.377. The van der Waals surface area contributed by atoms with Gasteiger partial charge in [-0.2, -0.15) is 20.1 Å². The highest BCUT2D eigenvalue weighted by molar-refractivity contribution is 9.10. The maximum Gasteiger partial charge on any atom is 0.250 e. The van der Waals surface area contributed by atoms with Crippen molar-refractivity contribution in [3.8, 4) is 0 Å². The third kappa shape index (κ3) is 5.92. The van der Waals surface area contributed by atoms with Crippen LogP contribution in [0.4, 0.5) is 29.2 Å². The molecule has 0 radical (unpaired) electrons. The summed E-state index contributed by atoms with van der Waals surface area (Å²) in [5.74, 6) is 1.38. The molecule has 3 aromatic rings. The SMILES string of the molecule is CN(C)c1ccc(C=NNc2nc(Nc3cccc(Br)c3)nc(N3CCOCC3)n2)cc1. The Morgan fingerprint density at radius 1 is 1.03 bits per heavy atom. The lowest BCUT2D eigenvalue weighted by Gasteiger charge is -2.27. The molecule has 0 unspecified atom stereocenters. The number of nitrogens with zero attached hydrogens (tertiary/aromatic N) is 6. The van der Waals surface area contributed by atoms with E-state index in [9.17, 15) is 0 Å². The Hall–Kier alpha value is -3.24. The maximum absolute atomic E-state index is 5.45. The lowest BCUT2D eigenvalue weighted by atomic mass is 10.2. The van der Waals surface area contributed by atoms with Crippen molar-refractivity contribution in [1.29, 1.82) is 0 Å². The van der Waals surface area contributed by atoms with Crippen LogP contribution in [0, 0.1) is 0 Å². The average Bonchev–Trinajstić information content (AvgIpc) is 2.80. The van der Waals surface area contributed by atoms with Crippen LogP contribution in [0.25, 0.3) is 0 Å². The van der Waals surface area contributed by atoms with Crippen molar-refractivity contribution in [3.05, 3.63) is 58.6 Å². The lowest BCUT2D eigenvalue weighted by Crippen LogP contribution is -2.37. The van der Waals surface area contributed by atoms with Gasteiger partial charge in [0.05, 0.1) is 19.4 Å². The molecule has 166 valence electrons. The van der Waals surface area contributed by atoms with Crippen molar-refractivity contribution in [2.24, 2.45) is 5.10 Å². The number of hydrogen-bond acceptors (Lipinski definition) is 9. The van der Waals surface area contributed by atoms with Crippen molar-refractivity contribution >= 4 is 51.4 Å². The highest BCUT2D eigenvalue weighted by atomic mass is 79.9. The zero-order valence-electron chi connectivity index (χ0n) is 18.0. The molecule has 1 fully saturated rings. The van der Waals surface area contributed by atoms with Crippen LogP contribution in [0.1, 0.15) is 5.56 Å². The molecule has 0 saturated carbocycles. The number of hydrogen-bond donors (Lipinski definition) is 2. The Bertz CT molecular complexity index is 1070. The van der Waals surface area contributed by atoms with E-state index < -0.39 is 0 Å². The summed E-state index contributed by atoms with van der Waals surface area (Å²) in [4.78, 5) is 17.8. The number of benzene rings is 2. The molecule has 4 rings (SSSR count). The molecule has 32 heavy (non-hydrogen) atoms. The van der Waals surface area contributed by atoms with Crippen LogP contribution in [0.3, 0.4) is 0 Å². The van der Waals surface area contributed by atoms with Gasteiger partial charge in [0, 0.05) is 43.0 Å². The van der Waals surface area contributed by atoms with Crippen molar-refractivity contribution in [2.45, 2.75) is 0 Å². The maximum atomic E-state index is 5.45. The van der Waals surface area contributed by atoms with Crippen LogP contribution in [0.15, 0.2) is 58.1 Å². The third-order valence-electron chi connectivity index (χ3n) is 4.79. The molecule has 2 heterocycles. The summed E-state index contributed by atoms with van der Waals surface area (Å²) >= 11 is 3.49. The molecule has 0 spiro atoms. The zero-order valence-corrected chi connectivity index (χ0v) is 19.6. The summed E-state index contributed by atoms with van der Waals surface area (Å²) in [5, 5.41) is 7.56. The second-order valence-electron chi connectivity index (χ2n) is 7.37. The number of halogens is 1.